The molecule has 182 valence electrons. The van der Waals surface area contributed by atoms with Crippen molar-refractivity contribution in [1.82, 2.24) is 15.6 Å². The van der Waals surface area contributed by atoms with Gasteiger partial charge in [-0.25, -0.2) is 13.6 Å². The Balaban J connectivity index is 1.35. The second kappa shape index (κ2) is 10.8. The summed E-state index contributed by atoms with van der Waals surface area (Å²) in [6.45, 7) is 0.703. The van der Waals surface area contributed by atoms with Gasteiger partial charge in [0.2, 0.25) is 21.8 Å². The molecule has 0 bridgehead atoms. The molecule has 1 heterocycles. The summed E-state index contributed by atoms with van der Waals surface area (Å²) in [6, 6.07) is 17.5. The second-order valence-electron chi connectivity index (χ2n) is 8.68. The van der Waals surface area contributed by atoms with Gasteiger partial charge in [-0.2, -0.15) is 0 Å². The fourth-order valence-corrected chi connectivity index (χ4v) is 5.25. The lowest BCUT2D eigenvalue weighted by Gasteiger charge is -2.19. The van der Waals surface area contributed by atoms with Gasteiger partial charge in [0.05, 0.1) is 4.90 Å². The number of benzene rings is 2. The van der Waals surface area contributed by atoms with E-state index >= 15 is 0 Å². The number of nitrogens with one attached hydrogen (secondary N) is 2. The molecular weight excluding hydrogens is 464 g/mol. The van der Waals surface area contributed by atoms with Crippen molar-refractivity contribution >= 4 is 21.8 Å². The van der Waals surface area contributed by atoms with Gasteiger partial charge in [0.15, 0.2) is 0 Å². The van der Waals surface area contributed by atoms with Gasteiger partial charge < -0.3 is 10.6 Å². The molecule has 1 fully saturated rings. The summed E-state index contributed by atoms with van der Waals surface area (Å²) in [5.41, 5.74) is 3.02. The first-order valence-electron chi connectivity index (χ1n) is 11.5. The molecule has 1 unspecified atom stereocenters. The first-order valence-corrected chi connectivity index (χ1v) is 13.0. The van der Waals surface area contributed by atoms with E-state index < -0.39 is 10.0 Å². The Kier molecular flexibility index (Phi) is 7.57. The van der Waals surface area contributed by atoms with Crippen LogP contribution < -0.4 is 15.8 Å². The van der Waals surface area contributed by atoms with Crippen LogP contribution in [0.25, 0.3) is 11.1 Å². The highest BCUT2D eigenvalue weighted by Crippen LogP contribution is 2.32. The van der Waals surface area contributed by atoms with Crippen LogP contribution in [0.3, 0.4) is 0 Å². The minimum absolute atomic E-state index is 0.0649. The van der Waals surface area contributed by atoms with Crippen molar-refractivity contribution in [1.29, 1.82) is 0 Å². The van der Waals surface area contributed by atoms with Crippen LogP contribution in [0, 0.1) is 11.8 Å². The van der Waals surface area contributed by atoms with Gasteiger partial charge in [0.1, 0.15) is 0 Å². The third-order valence-electron chi connectivity index (χ3n) is 6.30. The molecule has 0 spiro atoms. The Morgan fingerprint density at radius 3 is 2.09 bits per heavy atom. The predicted octanol–water partition coefficient (Wildman–Crippen LogP) is 2.74. The van der Waals surface area contributed by atoms with E-state index in [9.17, 15) is 18.0 Å². The Morgan fingerprint density at radius 1 is 0.857 bits per heavy atom. The number of sulfonamides is 1. The first-order chi connectivity index (χ1) is 16.8. The van der Waals surface area contributed by atoms with Crippen molar-refractivity contribution in [3.05, 3.63) is 84.2 Å². The molecule has 0 radical (unpaired) electrons. The highest BCUT2D eigenvalue weighted by molar-refractivity contribution is 7.89. The molecule has 0 saturated heterocycles. The normalized spacial score (nSPS) is 17.6. The van der Waals surface area contributed by atoms with Crippen LogP contribution in [-0.2, 0) is 32.7 Å². The molecule has 0 aliphatic heterocycles. The van der Waals surface area contributed by atoms with Crippen LogP contribution in [0.5, 0.6) is 0 Å². The third kappa shape index (κ3) is 6.12. The number of primary sulfonamides is 1. The zero-order valence-electron chi connectivity index (χ0n) is 19.2. The summed E-state index contributed by atoms with van der Waals surface area (Å²) >= 11 is 0. The van der Waals surface area contributed by atoms with Gasteiger partial charge >= 0.3 is 0 Å². The van der Waals surface area contributed by atoms with E-state index in [1.807, 2.05) is 24.3 Å². The van der Waals surface area contributed by atoms with E-state index in [-0.39, 0.29) is 28.5 Å². The van der Waals surface area contributed by atoms with Gasteiger partial charge in [-0.3, -0.25) is 14.6 Å². The molecule has 2 aromatic carbocycles. The van der Waals surface area contributed by atoms with E-state index in [0.29, 0.717) is 37.1 Å². The lowest BCUT2D eigenvalue weighted by atomic mass is 9.94. The molecule has 2 amide bonds. The van der Waals surface area contributed by atoms with Gasteiger partial charge in [-0.15, -0.1) is 0 Å². The maximum absolute atomic E-state index is 12.9. The lowest BCUT2D eigenvalue weighted by molar-refractivity contribution is -0.133. The number of hydrogen-bond donors (Lipinski definition) is 3. The Bertz CT molecular complexity index is 1290. The van der Waals surface area contributed by atoms with Crippen LogP contribution in [0.4, 0.5) is 0 Å². The molecule has 1 aliphatic rings. The molecule has 4 N–H and O–H groups in total. The number of nitrogens with two attached hydrogens (primary N) is 1. The maximum atomic E-state index is 12.9. The Morgan fingerprint density at radius 2 is 1.49 bits per heavy atom. The Hall–Kier alpha value is -3.56. The zero-order valence-corrected chi connectivity index (χ0v) is 20.0. The van der Waals surface area contributed by atoms with Gasteiger partial charge in [-0.05, 0) is 41.7 Å². The summed E-state index contributed by atoms with van der Waals surface area (Å²) in [5, 5.41) is 11.2. The summed E-state index contributed by atoms with van der Waals surface area (Å²) in [4.78, 5) is 29.7. The topological polar surface area (TPSA) is 131 Å². The molecule has 8 nitrogen and oxygen atoms in total. The summed E-state index contributed by atoms with van der Waals surface area (Å²) in [6.07, 6.45) is 5.59. The fraction of sp³-hybridized carbons (Fsp3) is 0.269. The number of carbonyl (C=O) groups is 2. The minimum atomic E-state index is -3.85. The van der Waals surface area contributed by atoms with Crippen LogP contribution in [-0.4, -0.2) is 25.2 Å². The monoisotopic (exact) mass is 492 g/mol. The van der Waals surface area contributed by atoms with Gasteiger partial charge in [0, 0.05) is 42.9 Å². The number of rotatable bonds is 8. The molecule has 4 rings (SSSR count). The van der Waals surface area contributed by atoms with Crippen molar-refractivity contribution < 1.29 is 18.0 Å². The molecule has 35 heavy (non-hydrogen) atoms. The average molecular weight is 493 g/mol. The van der Waals surface area contributed by atoms with Crippen molar-refractivity contribution in [2.24, 2.45) is 17.0 Å². The van der Waals surface area contributed by atoms with E-state index in [1.54, 1.807) is 42.7 Å². The smallest absolute Gasteiger partial charge is 0.238 e. The van der Waals surface area contributed by atoms with Crippen molar-refractivity contribution in [2.45, 2.75) is 37.2 Å². The van der Waals surface area contributed by atoms with Crippen molar-refractivity contribution in [3.8, 4) is 11.1 Å². The molecule has 1 aromatic heterocycles. The molecule has 1 saturated carbocycles. The van der Waals surface area contributed by atoms with Crippen LogP contribution >= 0.6 is 0 Å². The number of carbonyl (C=O) groups excluding carboxylic acids is 2. The van der Waals surface area contributed by atoms with Crippen LogP contribution in [0.15, 0.2) is 78.0 Å². The predicted molar refractivity (Wildman–Crippen MR) is 132 cm³/mol. The van der Waals surface area contributed by atoms with E-state index in [0.717, 1.165) is 17.5 Å². The molecular formula is C26H28N4O4S. The maximum Gasteiger partial charge on any atom is 0.238 e. The molecule has 2 atom stereocenters. The highest BCUT2D eigenvalue weighted by atomic mass is 32.2. The standard InChI is InChI=1S/C26H28N4O4S/c27-35(33,34)24-9-2-1-6-21(24)20-12-10-18(11-13-20)16-29-25(31)22-7-3-8-23(22)26(32)30-17-19-5-4-14-28-15-19/h1-2,4-6,9-15,22-23H,3,7-8,16-17H2,(H,29,31)(H,30,32)(H2,27,33,34)/t22?,23-/m1/s1. The SMILES string of the molecule is NS(=O)(=O)c1ccccc1-c1ccc(CNC(=O)C2CCC[C@H]2C(=O)NCc2cccnc2)cc1. The molecule has 1 aliphatic carbocycles. The highest BCUT2D eigenvalue weighted by Gasteiger charge is 2.37. The van der Waals surface area contributed by atoms with Gasteiger partial charge in [0.25, 0.3) is 0 Å². The molecule has 3 aromatic rings. The number of aromatic nitrogens is 1. The van der Waals surface area contributed by atoms with E-state index in [1.165, 1.54) is 6.07 Å². The van der Waals surface area contributed by atoms with E-state index in [4.69, 9.17) is 5.14 Å². The van der Waals surface area contributed by atoms with E-state index in [2.05, 4.69) is 15.6 Å². The number of amides is 2. The third-order valence-corrected chi connectivity index (χ3v) is 7.27. The van der Waals surface area contributed by atoms with Crippen LogP contribution in [0.1, 0.15) is 30.4 Å². The minimum Gasteiger partial charge on any atom is -0.352 e. The largest absolute Gasteiger partial charge is 0.352 e. The fourth-order valence-electron chi connectivity index (χ4n) is 4.49. The summed E-state index contributed by atoms with van der Waals surface area (Å²) in [7, 11) is -3.85. The number of pyridine rings is 1. The second-order valence-corrected chi connectivity index (χ2v) is 10.2. The Labute approximate surface area is 205 Å². The zero-order chi connectivity index (χ0) is 24.8. The number of nitrogens with zero attached hydrogens (tertiary/aromatic N) is 1. The quantitative estimate of drug-likeness (QED) is 0.445. The van der Waals surface area contributed by atoms with Crippen LogP contribution in [0.2, 0.25) is 0 Å². The molecule has 9 heteroatoms. The first kappa shape index (κ1) is 24.6. The lowest BCUT2D eigenvalue weighted by Crippen LogP contribution is -2.39. The summed E-state index contributed by atoms with van der Waals surface area (Å²) in [5.74, 6) is -0.939. The average Bonchev–Trinajstić information content (AvgIpc) is 3.37. The number of hydrogen-bond acceptors (Lipinski definition) is 5. The van der Waals surface area contributed by atoms with Gasteiger partial charge in [-0.1, -0.05) is 55.0 Å². The van der Waals surface area contributed by atoms with Crippen molar-refractivity contribution in [3.63, 3.8) is 0 Å². The summed E-state index contributed by atoms with van der Waals surface area (Å²) < 4.78 is 23.8. The van der Waals surface area contributed by atoms with Crippen molar-refractivity contribution in [2.75, 3.05) is 0 Å².